The molecule has 0 unspecified atom stereocenters. The molecule has 0 radical (unpaired) electrons. The second-order valence-electron chi connectivity index (χ2n) is 2.75. The van der Waals surface area contributed by atoms with E-state index in [0.29, 0.717) is 0 Å². The van der Waals surface area contributed by atoms with Gasteiger partial charge in [0.2, 0.25) is 0 Å². The second kappa shape index (κ2) is 4.19. The molecule has 1 aromatic rings. The van der Waals surface area contributed by atoms with Gasteiger partial charge >= 0.3 is 6.18 Å². The van der Waals surface area contributed by atoms with Crippen molar-refractivity contribution in [1.29, 1.82) is 5.26 Å². The maximum Gasteiger partial charge on any atom is 0.417 e. The Morgan fingerprint density at radius 1 is 1.40 bits per heavy atom. The Morgan fingerprint density at radius 2 is 2.07 bits per heavy atom. The Morgan fingerprint density at radius 3 is 2.53 bits per heavy atom. The van der Waals surface area contributed by atoms with E-state index in [9.17, 15) is 13.2 Å². The minimum Gasteiger partial charge on any atom is -0.373 e. The van der Waals surface area contributed by atoms with Gasteiger partial charge in [0.25, 0.3) is 0 Å². The molecule has 6 heteroatoms. The first-order valence-electron chi connectivity index (χ1n) is 4.04. The fraction of sp³-hybridized carbons (Fsp3) is 0.222. The van der Waals surface area contributed by atoms with Crippen LogP contribution in [0.3, 0.4) is 0 Å². The molecule has 80 valence electrons. The molecule has 0 atom stereocenters. The van der Waals surface area contributed by atoms with Crippen molar-refractivity contribution in [2.75, 3.05) is 12.0 Å². The third-order valence-corrected chi connectivity index (χ3v) is 1.75. The number of hydrogen-bond donors (Lipinski definition) is 2. The number of nitrogens with one attached hydrogen (secondary N) is 1. The third kappa shape index (κ3) is 2.60. The lowest BCUT2D eigenvalue weighted by Crippen LogP contribution is -2.13. The molecule has 1 aromatic carbocycles. The number of halogens is 3. The first kappa shape index (κ1) is 11.3. The van der Waals surface area contributed by atoms with Crippen LogP contribution in [0.4, 0.5) is 18.9 Å². The van der Waals surface area contributed by atoms with E-state index in [0.717, 1.165) is 12.1 Å². The Labute approximate surface area is 84.3 Å². The summed E-state index contributed by atoms with van der Waals surface area (Å²) in [5, 5.41) is 11.0. The maximum absolute atomic E-state index is 12.4. The van der Waals surface area contributed by atoms with Gasteiger partial charge < -0.3 is 11.1 Å². The lowest BCUT2D eigenvalue weighted by molar-refractivity contribution is -0.137. The van der Waals surface area contributed by atoms with Crippen molar-refractivity contribution < 1.29 is 13.2 Å². The minimum absolute atomic E-state index is 0.0309. The zero-order chi connectivity index (χ0) is 11.5. The van der Waals surface area contributed by atoms with Crippen molar-refractivity contribution in [3.8, 4) is 6.07 Å². The summed E-state index contributed by atoms with van der Waals surface area (Å²) in [4.78, 5) is 0. The Bertz CT molecular complexity index is 393. The van der Waals surface area contributed by atoms with Gasteiger partial charge in [0.15, 0.2) is 0 Å². The van der Waals surface area contributed by atoms with Crippen molar-refractivity contribution >= 4 is 5.69 Å². The summed E-state index contributed by atoms with van der Waals surface area (Å²) in [6.45, 7) is 0.0309. The molecule has 0 amide bonds. The number of benzene rings is 1. The minimum atomic E-state index is -4.53. The molecule has 0 heterocycles. The molecule has 0 saturated heterocycles. The molecule has 15 heavy (non-hydrogen) atoms. The largest absolute Gasteiger partial charge is 0.417 e. The first-order valence-corrected chi connectivity index (χ1v) is 4.04. The lowest BCUT2D eigenvalue weighted by Gasteiger charge is -2.11. The SMILES string of the molecule is N#Cc1ccc(NCN)cc1C(F)(F)F. The van der Waals surface area contributed by atoms with Crippen molar-refractivity contribution in [3.63, 3.8) is 0 Å². The quantitative estimate of drug-likeness (QED) is 0.740. The smallest absolute Gasteiger partial charge is 0.373 e. The van der Waals surface area contributed by atoms with Gasteiger partial charge in [-0.3, -0.25) is 0 Å². The summed E-state index contributed by atoms with van der Waals surface area (Å²) in [7, 11) is 0. The van der Waals surface area contributed by atoms with E-state index in [2.05, 4.69) is 5.32 Å². The standard InChI is InChI=1S/C9H8F3N3/c10-9(11,12)8-3-7(15-5-14)2-1-6(8)4-13/h1-3,15H,5,14H2. The van der Waals surface area contributed by atoms with E-state index in [1.807, 2.05) is 0 Å². The van der Waals surface area contributed by atoms with E-state index in [1.54, 1.807) is 0 Å². The molecular formula is C9H8F3N3. The van der Waals surface area contributed by atoms with Gasteiger partial charge in [-0.1, -0.05) is 0 Å². The molecule has 0 aliphatic carbocycles. The van der Waals surface area contributed by atoms with Crippen LogP contribution in [0.25, 0.3) is 0 Å². The average molecular weight is 215 g/mol. The Kier molecular flexibility index (Phi) is 3.17. The maximum atomic E-state index is 12.4. The number of anilines is 1. The van der Waals surface area contributed by atoms with Crippen LogP contribution in [0.2, 0.25) is 0 Å². The molecule has 0 saturated carbocycles. The summed E-state index contributed by atoms with van der Waals surface area (Å²) in [6.07, 6.45) is -4.53. The zero-order valence-corrected chi connectivity index (χ0v) is 7.60. The highest BCUT2D eigenvalue weighted by molar-refractivity contribution is 5.52. The highest BCUT2D eigenvalue weighted by Crippen LogP contribution is 2.33. The molecule has 0 aliphatic rings. The molecule has 0 fully saturated rings. The summed E-state index contributed by atoms with van der Waals surface area (Å²) in [5.41, 5.74) is 4.02. The van der Waals surface area contributed by atoms with Crippen molar-refractivity contribution in [1.82, 2.24) is 0 Å². The fourth-order valence-corrected chi connectivity index (χ4v) is 1.10. The molecule has 0 aliphatic heterocycles. The predicted molar refractivity (Wildman–Crippen MR) is 48.8 cm³/mol. The van der Waals surface area contributed by atoms with E-state index in [4.69, 9.17) is 11.0 Å². The van der Waals surface area contributed by atoms with Crippen LogP contribution in [0, 0.1) is 11.3 Å². The first-order chi connectivity index (χ1) is 6.99. The Balaban J connectivity index is 3.21. The number of nitrogens with zero attached hydrogens (tertiary/aromatic N) is 1. The monoisotopic (exact) mass is 215 g/mol. The van der Waals surface area contributed by atoms with Gasteiger partial charge in [-0.05, 0) is 18.2 Å². The number of rotatable bonds is 2. The zero-order valence-electron chi connectivity index (χ0n) is 7.60. The van der Waals surface area contributed by atoms with E-state index in [-0.39, 0.29) is 12.4 Å². The molecule has 0 spiro atoms. The van der Waals surface area contributed by atoms with Crippen molar-refractivity contribution in [2.45, 2.75) is 6.18 Å². The van der Waals surface area contributed by atoms with E-state index in [1.165, 1.54) is 12.1 Å². The number of nitrogens with two attached hydrogens (primary N) is 1. The van der Waals surface area contributed by atoms with Gasteiger partial charge in [0, 0.05) is 5.69 Å². The van der Waals surface area contributed by atoms with Gasteiger partial charge in [-0.2, -0.15) is 18.4 Å². The van der Waals surface area contributed by atoms with Gasteiger partial charge in [0.05, 0.1) is 23.9 Å². The Hall–Kier alpha value is -1.74. The van der Waals surface area contributed by atoms with Crippen LogP contribution in [-0.2, 0) is 6.18 Å². The van der Waals surface area contributed by atoms with Crippen molar-refractivity contribution in [3.05, 3.63) is 29.3 Å². The van der Waals surface area contributed by atoms with E-state index >= 15 is 0 Å². The average Bonchev–Trinajstić information content (AvgIpc) is 2.17. The summed E-state index contributed by atoms with van der Waals surface area (Å²) < 4.78 is 37.3. The molecule has 3 N–H and O–H groups in total. The van der Waals surface area contributed by atoms with Crippen LogP contribution < -0.4 is 11.1 Å². The highest BCUT2D eigenvalue weighted by Gasteiger charge is 2.33. The number of alkyl halides is 3. The topological polar surface area (TPSA) is 61.8 Å². The second-order valence-corrected chi connectivity index (χ2v) is 2.75. The highest BCUT2D eigenvalue weighted by atomic mass is 19.4. The van der Waals surface area contributed by atoms with Crippen LogP contribution >= 0.6 is 0 Å². The van der Waals surface area contributed by atoms with E-state index < -0.39 is 17.3 Å². The summed E-state index contributed by atoms with van der Waals surface area (Å²) in [6, 6.07) is 4.85. The van der Waals surface area contributed by atoms with Crippen LogP contribution in [-0.4, -0.2) is 6.67 Å². The third-order valence-electron chi connectivity index (χ3n) is 1.75. The lowest BCUT2D eigenvalue weighted by atomic mass is 10.1. The van der Waals surface area contributed by atoms with Crippen LogP contribution in [0.5, 0.6) is 0 Å². The normalized spacial score (nSPS) is 10.9. The summed E-state index contributed by atoms with van der Waals surface area (Å²) in [5.74, 6) is 0. The van der Waals surface area contributed by atoms with Gasteiger partial charge in [0.1, 0.15) is 0 Å². The number of nitriles is 1. The predicted octanol–water partition coefficient (Wildman–Crippen LogP) is 1.91. The van der Waals surface area contributed by atoms with Crippen LogP contribution in [0.1, 0.15) is 11.1 Å². The number of hydrogen-bond acceptors (Lipinski definition) is 3. The molecule has 0 bridgehead atoms. The van der Waals surface area contributed by atoms with Crippen molar-refractivity contribution in [2.24, 2.45) is 5.73 Å². The molecule has 3 nitrogen and oxygen atoms in total. The van der Waals surface area contributed by atoms with Gasteiger partial charge in [-0.25, -0.2) is 0 Å². The fourth-order valence-electron chi connectivity index (χ4n) is 1.10. The molecular weight excluding hydrogens is 207 g/mol. The van der Waals surface area contributed by atoms with Gasteiger partial charge in [-0.15, -0.1) is 0 Å². The van der Waals surface area contributed by atoms with Crippen LogP contribution in [0.15, 0.2) is 18.2 Å². The molecule has 0 aromatic heterocycles. The molecule has 1 rings (SSSR count). The summed E-state index contributed by atoms with van der Waals surface area (Å²) >= 11 is 0.